The van der Waals surface area contributed by atoms with Gasteiger partial charge in [0, 0.05) is 20.0 Å². The quantitative estimate of drug-likeness (QED) is 0.540. The highest BCUT2D eigenvalue weighted by molar-refractivity contribution is 5.73. The molecule has 1 aliphatic carbocycles. The van der Waals surface area contributed by atoms with Gasteiger partial charge in [-0.25, -0.2) is 0 Å². The van der Waals surface area contributed by atoms with Crippen LogP contribution in [-0.2, 0) is 4.79 Å². The lowest BCUT2D eigenvalue weighted by Crippen LogP contribution is -2.33. The van der Waals surface area contributed by atoms with E-state index in [0.717, 1.165) is 0 Å². The van der Waals surface area contributed by atoms with Crippen molar-refractivity contribution in [2.75, 3.05) is 7.05 Å². The molecule has 1 amide bonds. The van der Waals surface area contributed by atoms with Crippen molar-refractivity contribution in [3.05, 3.63) is 0 Å². The highest BCUT2D eigenvalue weighted by Crippen LogP contribution is 2.21. The molecule has 2 heteroatoms. The van der Waals surface area contributed by atoms with Gasteiger partial charge in [0.2, 0.25) is 5.91 Å². The minimum atomic E-state index is 0.201. The van der Waals surface area contributed by atoms with E-state index in [1.807, 2.05) is 11.9 Å². The second-order valence-electron chi connectivity index (χ2n) is 3.07. The summed E-state index contributed by atoms with van der Waals surface area (Å²) in [4.78, 5) is 12.7. The van der Waals surface area contributed by atoms with Crippen molar-refractivity contribution in [3.8, 4) is 0 Å². The Kier molecular flexibility index (Phi) is 2.30. The van der Waals surface area contributed by atoms with Crippen LogP contribution in [0.3, 0.4) is 0 Å². The molecule has 0 aromatic carbocycles. The Morgan fingerprint density at radius 1 is 1.40 bits per heavy atom. The standard InChI is InChI=1S/C8H15NO/c1-7(10)9(2)8-5-3-4-6-8/h8H,3-6H2,1-2H3. The summed E-state index contributed by atoms with van der Waals surface area (Å²) < 4.78 is 0. The molecule has 10 heavy (non-hydrogen) atoms. The van der Waals surface area contributed by atoms with Crippen LogP contribution < -0.4 is 0 Å². The van der Waals surface area contributed by atoms with E-state index in [-0.39, 0.29) is 5.91 Å². The van der Waals surface area contributed by atoms with E-state index in [1.165, 1.54) is 25.7 Å². The third kappa shape index (κ3) is 1.49. The van der Waals surface area contributed by atoms with Crippen molar-refractivity contribution in [1.29, 1.82) is 0 Å². The summed E-state index contributed by atoms with van der Waals surface area (Å²) >= 11 is 0. The zero-order chi connectivity index (χ0) is 7.56. The fourth-order valence-electron chi connectivity index (χ4n) is 1.55. The maximum Gasteiger partial charge on any atom is 0.219 e. The molecule has 1 rings (SSSR count). The SMILES string of the molecule is CC(=O)N(C)C1CCCC1. The van der Waals surface area contributed by atoms with Gasteiger partial charge in [-0.15, -0.1) is 0 Å². The molecular formula is C8H15NO. The first-order valence-corrected chi connectivity index (χ1v) is 3.95. The Bertz CT molecular complexity index is 127. The van der Waals surface area contributed by atoms with Crippen LogP contribution >= 0.6 is 0 Å². The Morgan fingerprint density at radius 2 is 1.90 bits per heavy atom. The van der Waals surface area contributed by atoms with E-state index >= 15 is 0 Å². The summed E-state index contributed by atoms with van der Waals surface area (Å²) in [5.74, 6) is 0.201. The summed E-state index contributed by atoms with van der Waals surface area (Å²) in [5, 5.41) is 0. The lowest BCUT2D eigenvalue weighted by molar-refractivity contribution is -0.129. The number of hydrogen-bond donors (Lipinski definition) is 0. The Morgan fingerprint density at radius 3 is 2.30 bits per heavy atom. The van der Waals surface area contributed by atoms with Crippen LogP contribution in [0, 0.1) is 0 Å². The predicted molar refractivity (Wildman–Crippen MR) is 40.7 cm³/mol. The van der Waals surface area contributed by atoms with Gasteiger partial charge in [-0.2, -0.15) is 0 Å². The summed E-state index contributed by atoms with van der Waals surface area (Å²) in [7, 11) is 1.90. The predicted octanol–water partition coefficient (Wildman–Crippen LogP) is 1.41. The van der Waals surface area contributed by atoms with Gasteiger partial charge in [-0.05, 0) is 12.8 Å². The Balaban J connectivity index is 2.39. The van der Waals surface area contributed by atoms with Gasteiger partial charge >= 0.3 is 0 Å². The molecular weight excluding hydrogens is 126 g/mol. The van der Waals surface area contributed by atoms with E-state index in [4.69, 9.17) is 0 Å². The van der Waals surface area contributed by atoms with Crippen LogP contribution in [0.15, 0.2) is 0 Å². The van der Waals surface area contributed by atoms with E-state index in [9.17, 15) is 4.79 Å². The molecule has 0 unspecified atom stereocenters. The molecule has 0 aromatic rings. The van der Waals surface area contributed by atoms with Crippen molar-refractivity contribution in [2.24, 2.45) is 0 Å². The van der Waals surface area contributed by atoms with Gasteiger partial charge in [0.15, 0.2) is 0 Å². The first-order valence-electron chi connectivity index (χ1n) is 3.95. The van der Waals surface area contributed by atoms with Crippen molar-refractivity contribution < 1.29 is 4.79 Å². The topological polar surface area (TPSA) is 20.3 Å². The van der Waals surface area contributed by atoms with Crippen molar-refractivity contribution in [3.63, 3.8) is 0 Å². The van der Waals surface area contributed by atoms with Crippen molar-refractivity contribution in [2.45, 2.75) is 38.6 Å². The molecule has 0 spiro atoms. The molecule has 1 aliphatic rings. The van der Waals surface area contributed by atoms with Crippen molar-refractivity contribution >= 4 is 5.91 Å². The van der Waals surface area contributed by atoms with E-state index in [2.05, 4.69) is 0 Å². The first-order chi connectivity index (χ1) is 4.72. The molecule has 1 fully saturated rings. The Labute approximate surface area is 62.2 Å². The number of carbonyl (C=O) groups is 1. The number of hydrogen-bond acceptors (Lipinski definition) is 1. The second kappa shape index (κ2) is 3.04. The molecule has 0 aliphatic heterocycles. The van der Waals surface area contributed by atoms with Crippen LogP contribution in [0.5, 0.6) is 0 Å². The van der Waals surface area contributed by atoms with E-state index in [0.29, 0.717) is 6.04 Å². The molecule has 0 bridgehead atoms. The minimum absolute atomic E-state index is 0.201. The average molecular weight is 141 g/mol. The van der Waals surface area contributed by atoms with E-state index < -0.39 is 0 Å². The average Bonchev–Trinajstić information content (AvgIpc) is 2.36. The minimum Gasteiger partial charge on any atom is -0.343 e. The van der Waals surface area contributed by atoms with Crippen LogP contribution in [0.2, 0.25) is 0 Å². The second-order valence-corrected chi connectivity index (χ2v) is 3.07. The lowest BCUT2D eigenvalue weighted by atomic mass is 10.2. The summed E-state index contributed by atoms with van der Waals surface area (Å²) in [6, 6.07) is 0.539. The highest BCUT2D eigenvalue weighted by Gasteiger charge is 2.20. The van der Waals surface area contributed by atoms with Gasteiger partial charge < -0.3 is 4.90 Å². The number of carbonyl (C=O) groups excluding carboxylic acids is 1. The van der Waals surface area contributed by atoms with Gasteiger partial charge in [-0.3, -0.25) is 4.79 Å². The first kappa shape index (κ1) is 7.58. The van der Waals surface area contributed by atoms with Gasteiger partial charge in [0.05, 0.1) is 0 Å². The number of rotatable bonds is 1. The lowest BCUT2D eigenvalue weighted by Gasteiger charge is -2.22. The molecule has 0 aromatic heterocycles. The molecule has 58 valence electrons. The normalized spacial score (nSPS) is 19.4. The van der Waals surface area contributed by atoms with Crippen LogP contribution in [0.1, 0.15) is 32.6 Å². The molecule has 0 heterocycles. The smallest absolute Gasteiger partial charge is 0.219 e. The van der Waals surface area contributed by atoms with Crippen LogP contribution in [-0.4, -0.2) is 23.9 Å². The maximum absolute atomic E-state index is 10.9. The molecule has 0 atom stereocenters. The number of nitrogens with zero attached hydrogens (tertiary/aromatic N) is 1. The van der Waals surface area contributed by atoms with Gasteiger partial charge in [0.25, 0.3) is 0 Å². The largest absolute Gasteiger partial charge is 0.343 e. The summed E-state index contributed by atoms with van der Waals surface area (Å²) in [6.07, 6.45) is 5.00. The molecule has 1 saturated carbocycles. The monoisotopic (exact) mass is 141 g/mol. The van der Waals surface area contributed by atoms with E-state index in [1.54, 1.807) is 6.92 Å². The fraction of sp³-hybridized carbons (Fsp3) is 0.875. The maximum atomic E-state index is 10.9. The van der Waals surface area contributed by atoms with Crippen LogP contribution in [0.25, 0.3) is 0 Å². The molecule has 0 radical (unpaired) electrons. The van der Waals surface area contributed by atoms with Crippen LogP contribution in [0.4, 0.5) is 0 Å². The molecule has 2 nitrogen and oxygen atoms in total. The highest BCUT2D eigenvalue weighted by atomic mass is 16.2. The Hall–Kier alpha value is -0.530. The van der Waals surface area contributed by atoms with Gasteiger partial charge in [-0.1, -0.05) is 12.8 Å². The fourth-order valence-corrected chi connectivity index (χ4v) is 1.55. The number of amides is 1. The molecule has 0 saturated heterocycles. The zero-order valence-corrected chi connectivity index (χ0v) is 6.76. The molecule has 0 N–H and O–H groups in total. The zero-order valence-electron chi connectivity index (χ0n) is 6.76. The van der Waals surface area contributed by atoms with Gasteiger partial charge in [0.1, 0.15) is 0 Å². The third-order valence-corrected chi connectivity index (χ3v) is 2.37. The summed E-state index contributed by atoms with van der Waals surface area (Å²) in [5.41, 5.74) is 0. The summed E-state index contributed by atoms with van der Waals surface area (Å²) in [6.45, 7) is 1.64. The van der Waals surface area contributed by atoms with Crippen molar-refractivity contribution in [1.82, 2.24) is 4.90 Å². The third-order valence-electron chi connectivity index (χ3n) is 2.37.